The molecular weight excluding hydrogens is 90.1 g/mol. The van der Waals surface area contributed by atoms with Gasteiger partial charge in [0.15, 0.2) is 5.78 Å². The third kappa shape index (κ3) is 5.34. The Morgan fingerprint density at radius 3 is 2.57 bits per heavy atom. The Kier molecular flexibility index (Phi) is 3.19. The van der Waals surface area contributed by atoms with E-state index < -0.39 is 0 Å². The van der Waals surface area contributed by atoms with Crippen molar-refractivity contribution in [2.75, 3.05) is 6.54 Å². The van der Waals surface area contributed by atoms with E-state index in [9.17, 15) is 4.79 Å². The Balaban J connectivity index is 3.14. The van der Waals surface area contributed by atoms with Crippen molar-refractivity contribution in [1.29, 1.82) is 0 Å². The summed E-state index contributed by atoms with van der Waals surface area (Å²) in [5, 5.41) is 0. The van der Waals surface area contributed by atoms with Gasteiger partial charge in [-0.1, -0.05) is 0 Å². The van der Waals surface area contributed by atoms with Crippen LogP contribution in [0.4, 0.5) is 0 Å². The van der Waals surface area contributed by atoms with Crippen LogP contribution < -0.4 is 0 Å². The van der Waals surface area contributed by atoms with Gasteiger partial charge < -0.3 is 0 Å². The largest absolute Gasteiger partial charge is 0.298 e. The Morgan fingerprint density at radius 2 is 2.43 bits per heavy atom. The molecule has 0 unspecified atom stereocenters. The molecule has 0 rings (SSSR count). The van der Waals surface area contributed by atoms with E-state index in [2.05, 4.69) is 4.99 Å². The molecule has 7 heavy (non-hydrogen) atoms. The van der Waals surface area contributed by atoms with E-state index in [1.165, 1.54) is 6.92 Å². The number of Topliss-reactive ketones (excluding diaryl/α,β-unsaturated/α-hetero) is 1. The quantitative estimate of drug-likeness (QED) is 0.468. The lowest BCUT2D eigenvalue weighted by Crippen LogP contribution is -1.93. The highest BCUT2D eigenvalue weighted by Crippen LogP contribution is 1.68. The fraction of sp³-hybridized carbons (Fsp3) is 0.600. The Hall–Kier alpha value is -0.660. The van der Waals surface area contributed by atoms with E-state index in [1.54, 1.807) is 13.1 Å². The maximum atomic E-state index is 10.1. The molecule has 40 valence electrons. The first-order valence-electron chi connectivity index (χ1n) is 2.21. The van der Waals surface area contributed by atoms with Gasteiger partial charge in [-0.05, 0) is 20.1 Å². The normalized spacial score (nSPS) is 10.0. The standard InChI is InChI=1S/C5H9NO/c1-3-6-4-5(2)7/h3H,4H2,1-2H3. The predicted molar refractivity (Wildman–Crippen MR) is 29.7 cm³/mol. The highest BCUT2D eigenvalue weighted by molar-refractivity contribution is 5.79. The molecule has 0 radical (unpaired) electrons. The highest BCUT2D eigenvalue weighted by atomic mass is 16.1. The molecule has 0 aromatic carbocycles. The van der Waals surface area contributed by atoms with Crippen molar-refractivity contribution in [3.8, 4) is 0 Å². The van der Waals surface area contributed by atoms with Crippen LogP contribution in [0.2, 0.25) is 0 Å². The molecular formula is C5H9NO. The van der Waals surface area contributed by atoms with Gasteiger partial charge in [-0.15, -0.1) is 0 Å². The van der Waals surface area contributed by atoms with Gasteiger partial charge in [-0.2, -0.15) is 0 Å². The van der Waals surface area contributed by atoms with Crippen LogP contribution in [0, 0.1) is 0 Å². The van der Waals surface area contributed by atoms with Crippen molar-refractivity contribution in [3.05, 3.63) is 0 Å². The highest BCUT2D eigenvalue weighted by Gasteiger charge is 1.82. The molecule has 0 N–H and O–H groups in total. The molecule has 0 bridgehead atoms. The van der Waals surface area contributed by atoms with Crippen LogP contribution in [-0.4, -0.2) is 18.5 Å². The summed E-state index contributed by atoms with van der Waals surface area (Å²) < 4.78 is 0. The van der Waals surface area contributed by atoms with Gasteiger partial charge in [-0.3, -0.25) is 9.79 Å². The Bertz CT molecular complexity index is 86.1. The van der Waals surface area contributed by atoms with Crippen LogP contribution in [0.3, 0.4) is 0 Å². The number of rotatable bonds is 2. The van der Waals surface area contributed by atoms with E-state index in [1.807, 2.05) is 0 Å². The number of ketones is 1. The minimum atomic E-state index is 0.109. The molecule has 2 nitrogen and oxygen atoms in total. The van der Waals surface area contributed by atoms with Crippen LogP contribution in [-0.2, 0) is 4.79 Å². The molecule has 0 spiro atoms. The van der Waals surface area contributed by atoms with E-state index in [-0.39, 0.29) is 5.78 Å². The van der Waals surface area contributed by atoms with E-state index in [0.29, 0.717) is 6.54 Å². The summed E-state index contributed by atoms with van der Waals surface area (Å²) >= 11 is 0. The molecule has 0 aliphatic carbocycles. The Labute approximate surface area is 43.3 Å². The molecule has 0 aliphatic heterocycles. The van der Waals surface area contributed by atoms with Crippen LogP contribution in [0.15, 0.2) is 4.99 Å². The maximum absolute atomic E-state index is 10.1. The zero-order chi connectivity index (χ0) is 5.70. The maximum Gasteiger partial charge on any atom is 0.151 e. The summed E-state index contributed by atoms with van der Waals surface area (Å²) in [6, 6.07) is 0. The van der Waals surface area contributed by atoms with Gasteiger partial charge in [0.25, 0.3) is 0 Å². The second-order valence-corrected chi connectivity index (χ2v) is 1.30. The van der Waals surface area contributed by atoms with Crippen molar-refractivity contribution < 1.29 is 4.79 Å². The summed E-state index contributed by atoms with van der Waals surface area (Å²) in [5.41, 5.74) is 0. The minimum Gasteiger partial charge on any atom is -0.298 e. The van der Waals surface area contributed by atoms with Crippen molar-refractivity contribution in [2.45, 2.75) is 13.8 Å². The first-order valence-corrected chi connectivity index (χ1v) is 2.21. The van der Waals surface area contributed by atoms with Crippen LogP contribution >= 0.6 is 0 Å². The zero-order valence-electron chi connectivity index (χ0n) is 4.64. The zero-order valence-corrected chi connectivity index (χ0v) is 4.64. The number of hydrogen-bond donors (Lipinski definition) is 0. The lowest BCUT2D eigenvalue weighted by Gasteiger charge is -1.79. The minimum absolute atomic E-state index is 0.109. The molecule has 0 atom stereocenters. The number of hydrogen-bond acceptors (Lipinski definition) is 2. The lowest BCUT2D eigenvalue weighted by molar-refractivity contribution is -0.115. The second kappa shape index (κ2) is 3.53. The van der Waals surface area contributed by atoms with Crippen molar-refractivity contribution in [1.82, 2.24) is 0 Å². The summed E-state index contributed by atoms with van der Waals surface area (Å²) in [7, 11) is 0. The summed E-state index contributed by atoms with van der Waals surface area (Å²) in [4.78, 5) is 13.8. The van der Waals surface area contributed by atoms with Gasteiger partial charge in [0.2, 0.25) is 0 Å². The molecule has 0 aromatic heterocycles. The fourth-order valence-electron chi connectivity index (χ4n) is 0.220. The van der Waals surface area contributed by atoms with Gasteiger partial charge in [0.1, 0.15) is 0 Å². The van der Waals surface area contributed by atoms with Gasteiger partial charge in [0, 0.05) is 0 Å². The lowest BCUT2D eigenvalue weighted by atomic mass is 10.5. The van der Waals surface area contributed by atoms with Gasteiger partial charge in [-0.25, -0.2) is 0 Å². The van der Waals surface area contributed by atoms with E-state index >= 15 is 0 Å². The van der Waals surface area contributed by atoms with Crippen LogP contribution in [0.1, 0.15) is 13.8 Å². The topological polar surface area (TPSA) is 29.4 Å². The summed E-state index contributed by atoms with van der Waals surface area (Å²) in [6.45, 7) is 3.65. The number of aliphatic imine (C=N–C) groups is 1. The molecule has 0 fully saturated rings. The average molecular weight is 99.1 g/mol. The Morgan fingerprint density at radius 1 is 1.86 bits per heavy atom. The molecule has 0 aliphatic rings. The molecule has 0 heterocycles. The molecule has 0 saturated heterocycles. The molecule has 0 saturated carbocycles. The van der Waals surface area contributed by atoms with Gasteiger partial charge >= 0.3 is 0 Å². The number of carbonyl (C=O) groups is 1. The molecule has 0 amide bonds. The third-order valence-electron chi connectivity index (χ3n) is 0.497. The first-order chi connectivity index (χ1) is 3.27. The molecule has 2 heteroatoms. The van der Waals surface area contributed by atoms with E-state index in [4.69, 9.17) is 0 Å². The summed E-state index contributed by atoms with van der Waals surface area (Å²) in [5.74, 6) is 0.109. The average Bonchev–Trinajstić information content (AvgIpc) is 1.61. The number of carbonyl (C=O) groups excluding carboxylic acids is 1. The van der Waals surface area contributed by atoms with Crippen molar-refractivity contribution >= 4 is 12.0 Å². The van der Waals surface area contributed by atoms with Crippen molar-refractivity contribution in [3.63, 3.8) is 0 Å². The fourth-order valence-corrected chi connectivity index (χ4v) is 0.220. The SMILES string of the molecule is CC=NCC(C)=O. The second-order valence-electron chi connectivity index (χ2n) is 1.30. The first kappa shape index (κ1) is 6.34. The predicted octanol–water partition coefficient (Wildman–Crippen LogP) is 0.666. The smallest absolute Gasteiger partial charge is 0.151 e. The van der Waals surface area contributed by atoms with Crippen LogP contribution in [0.25, 0.3) is 0 Å². The number of nitrogens with zero attached hydrogens (tertiary/aromatic N) is 1. The summed E-state index contributed by atoms with van der Waals surface area (Å²) in [6.07, 6.45) is 1.63. The third-order valence-corrected chi connectivity index (χ3v) is 0.497. The van der Waals surface area contributed by atoms with E-state index in [0.717, 1.165) is 0 Å². The van der Waals surface area contributed by atoms with Gasteiger partial charge in [0.05, 0.1) is 6.54 Å². The van der Waals surface area contributed by atoms with Crippen molar-refractivity contribution in [2.24, 2.45) is 4.99 Å². The monoisotopic (exact) mass is 99.1 g/mol. The van der Waals surface area contributed by atoms with Crippen LogP contribution in [0.5, 0.6) is 0 Å². The molecule has 0 aromatic rings.